The molecule has 29 heavy (non-hydrogen) atoms. The minimum Gasteiger partial charge on any atom is -0.341 e. The molecule has 0 bridgehead atoms. The molecule has 1 unspecified atom stereocenters. The molecule has 7 heteroatoms. The van der Waals surface area contributed by atoms with Gasteiger partial charge in [0.1, 0.15) is 0 Å². The summed E-state index contributed by atoms with van der Waals surface area (Å²) in [7, 11) is -3.55. The zero-order valence-electron chi connectivity index (χ0n) is 18.5. The number of amides is 1. The summed E-state index contributed by atoms with van der Waals surface area (Å²) in [5.41, 5.74) is 3.69. The van der Waals surface area contributed by atoms with Gasteiger partial charge in [-0.05, 0) is 76.1 Å². The van der Waals surface area contributed by atoms with Crippen LogP contribution in [0.25, 0.3) is 0 Å². The summed E-state index contributed by atoms with van der Waals surface area (Å²) in [6.07, 6.45) is 3.37. The number of hydrogen-bond donors (Lipinski definition) is 0. The van der Waals surface area contributed by atoms with Gasteiger partial charge in [-0.25, -0.2) is 8.42 Å². The number of aryl methyl sites for hydroxylation is 2. The molecular weight excluding hydrogens is 386 g/mol. The molecule has 0 radical (unpaired) electrons. The summed E-state index contributed by atoms with van der Waals surface area (Å²) in [6, 6.07) is 1.86. The quantitative estimate of drug-likeness (QED) is 0.750. The second kappa shape index (κ2) is 8.74. The Labute approximate surface area is 175 Å². The normalized spacial score (nSPS) is 20.7. The van der Waals surface area contributed by atoms with Gasteiger partial charge in [0.15, 0.2) is 0 Å². The predicted octanol–water partition coefficient (Wildman–Crippen LogP) is 2.63. The molecule has 3 rings (SSSR count). The van der Waals surface area contributed by atoms with E-state index in [0.717, 1.165) is 48.2 Å². The molecule has 2 aliphatic rings. The Bertz CT molecular complexity index is 842. The fourth-order valence-electron chi connectivity index (χ4n) is 4.56. The number of benzene rings is 1. The van der Waals surface area contributed by atoms with Crippen molar-refractivity contribution in [3.8, 4) is 0 Å². The fraction of sp³-hybridized carbons (Fsp3) is 0.682. The lowest BCUT2D eigenvalue weighted by Crippen LogP contribution is -2.56. The molecule has 0 spiro atoms. The van der Waals surface area contributed by atoms with Crippen LogP contribution >= 0.6 is 0 Å². The molecule has 0 aromatic heterocycles. The third kappa shape index (κ3) is 4.37. The standard InChI is InChI=1S/C22H35N3O3S/c1-16-15-17(2)19(4)21(18(16)3)29(27,28)25-13-11-23(12-14-25)20(5)22(26)24-9-7-6-8-10-24/h15,20H,6-14H2,1-5H3. The third-order valence-electron chi connectivity index (χ3n) is 6.74. The maximum absolute atomic E-state index is 13.4. The minimum absolute atomic E-state index is 0.182. The number of hydrogen-bond acceptors (Lipinski definition) is 4. The molecule has 2 fully saturated rings. The van der Waals surface area contributed by atoms with Crippen molar-refractivity contribution in [2.24, 2.45) is 0 Å². The first kappa shape index (κ1) is 22.2. The van der Waals surface area contributed by atoms with Crippen molar-refractivity contribution in [3.63, 3.8) is 0 Å². The Morgan fingerprint density at radius 3 is 1.90 bits per heavy atom. The third-order valence-corrected chi connectivity index (χ3v) is 8.91. The van der Waals surface area contributed by atoms with Gasteiger partial charge in [0.25, 0.3) is 0 Å². The zero-order chi connectivity index (χ0) is 21.3. The molecule has 2 aliphatic heterocycles. The first-order valence-corrected chi connectivity index (χ1v) is 12.2. The maximum Gasteiger partial charge on any atom is 0.243 e. The molecular formula is C22H35N3O3S. The Hall–Kier alpha value is -1.44. The molecule has 0 aliphatic carbocycles. The number of likely N-dealkylation sites (tertiary alicyclic amines) is 1. The van der Waals surface area contributed by atoms with Crippen molar-refractivity contribution in [1.82, 2.24) is 14.1 Å². The van der Waals surface area contributed by atoms with Gasteiger partial charge in [-0.1, -0.05) is 6.07 Å². The summed E-state index contributed by atoms with van der Waals surface area (Å²) in [5.74, 6) is 0.182. The zero-order valence-corrected chi connectivity index (χ0v) is 19.3. The van der Waals surface area contributed by atoms with Crippen LogP contribution in [0, 0.1) is 27.7 Å². The number of carbonyl (C=O) groups excluding carboxylic acids is 1. The number of rotatable bonds is 4. The van der Waals surface area contributed by atoms with E-state index in [2.05, 4.69) is 11.0 Å². The van der Waals surface area contributed by atoms with Crippen molar-refractivity contribution < 1.29 is 13.2 Å². The van der Waals surface area contributed by atoms with E-state index in [0.29, 0.717) is 31.1 Å². The monoisotopic (exact) mass is 421 g/mol. The average molecular weight is 422 g/mol. The first-order chi connectivity index (χ1) is 13.6. The summed E-state index contributed by atoms with van der Waals surface area (Å²) in [5, 5.41) is 0. The van der Waals surface area contributed by atoms with Crippen LogP contribution in [-0.4, -0.2) is 73.7 Å². The van der Waals surface area contributed by atoms with E-state index < -0.39 is 10.0 Å². The molecule has 1 aromatic rings. The lowest BCUT2D eigenvalue weighted by molar-refractivity contribution is -0.137. The number of piperazine rings is 1. The molecule has 1 amide bonds. The Balaban J connectivity index is 1.71. The smallest absolute Gasteiger partial charge is 0.243 e. The van der Waals surface area contributed by atoms with E-state index >= 15 is 0 Å². The topological polar surface area (TPSA) is 60.9 Å². The molecule has 2 saturated heterocycles. The Morgan fingerprint density at radius 1 is 0.862 bits per heavy atom. The van der Waals surface area contributed by atoms with Gasteiger partial charge in [-0.15, -0.1) is 0 Å². The molecule has 6 nitrogen and oxygen atoms in total. The van der Waals surface area contributed by atoms with Crippen LogP contribution in [0.1, 0.15) is 48.4 Å². The van der Waals surface area contributed by atoms with E-state index in [1.807, 2.05) is 39.5 Å². The van der Waals surface area contributed by atoms with E-state index in [4.69, 9.17) is 0 Å². The summed E-state index contributed by atoms with van der Waals surface area (Å²) in [4.78, 5) is 17.4. The number of sulfonamides is 1. The van der Waals surface area contributed by atoms with E-state index in [-0.39, 0.29) is 11.9 Å². The van der Waals surface area contributed by atoms with Crippen LogP contribution in [0.5, 0.6) is 0 Å². The predicted molar refractivity (Wildman–Crippen MR) is 116 cm³/mol. The summed E-state index contributed by atoms with van der Waals surface area (Å²) in [6.45, 7) is 13.4. The van der Waals surface area contributed by atoms with Crippen LogP contribution in [0.2, 0.25) is 0 Å². The first-order valence-electron chi connectivity index (χ1n) is 10.7. The maximum atomic E-state index is 13.4. The van der Waals surface area contributed by atoms with Gasteiger partial charge < -0.3 is 4.90 Å². The summed E-state index contributed by atoms with van der Waals surface area (Å²) >= 11 is 0. The van der Waals surface area contributed by atoms with Crippen molar-refractivity contribution in [1.29, 1.82) is 0 Å². The van der Waals surface area contributed by atoms with E-state index in [1.54, 1.807) is 4.31 Å². The highest BCUT2D eigenvalue weighted by molar-refractivity contribution is 7.89. The molecule has 2 heterocycles. The molecule has 0 N–H and O–H groups in total. The number of piperidine rings is 1. The Morgan fingerprint density at radius 2 is 1.38 bits per heavy atom. The van der Waals surface area contributed by atoms with Gasteiger partial charge in [-0.3, -0.25) is 9.69 Å². The number of carbonyl (C=O) groups is 1. The van der Waals surface area contributed by atoms with Crippen LogP contribution in [-0.2, 0) is 14.8 Å². The molecule has 1 aromatic carbocycles. The van der Waals surface area contributed by atoms with Gasteiger partial charge in [-0.2, -0.15) is 4.31 Å². The van der Waals surface area contributed by atoms with Crippen LogP contribution in [0.3, 0.4) is 0 Å². The van der Waals surface area contributed by atoms with Crippen LogP contribution < -0.4 is 0 Å². The molecule has 1 atom stereocenters. The second-order valence-electron chi connectivity index (χ2n) is 8.59. The second-order valence-corrected chi connectivity index (χ2v) is 10.5. The molecule has 0 saturated carbocycles. The SMILES string of the molecule is Cc1cc(C)c(C)c(S(=O)(=O)N2CCN(C(C)C(=O)N3CCCCC3)CC2)c1C. The van der Waals surface area contributed by atoms with Crippen molar-refractivity contribution in [2.75, 3.05) is 39.3 Å². The lowest BCUT2D eigenvalue weighted by atomic mass is 10.0. The highest BCUT2D eigenvalue weighted by atomic mass is 32.2. The minimum atomic E-state index is -3.55. The highest BCUT2D eigenvalue weighted by Crippen LogP contribution is 2.29. The van der Waals surface area contributed by atoms with E-state index in [9.17, 15) is 13.2 Å². The van der Waals surface area contributed by atoms with Crippen LogP contribution in [0.4, 0.5) is 0 Å². The Kier molecular flexibility index (Phi) is 6.70. The van der Waals surface area contributed by atoms with Gasteiger partial charge in [0, 0.05) is 39.3 Å². The van der Waals surface area contributed by atoms with Gasteiger partial charge >= 0.3 is 0 Å². The van der Waals surface area contributed by atoms with Crippen molar-refractivity contribution in [2.45, 2.75) is 64.8 Å². The van der Waals surface area contributed by atoms with Crippen molar-refractivity contribution in [3.05, 3.63) is 28.3 Å². The number of nitrogens with zero attached hydrogens (tertiary/aromatic N) is 3. The van der Waals surface area contributed by atoms with Crippen LogP contribution in [0.15, 0.2) is 11.0 Å². The lowest BCUT2D eigenvalue weighted by Gasteiger charge is -2.39. The average Bonchev–Trinajstić information content (AvgIpc) is 2.72. The van der Waals surface area contributed by atoms with E-state index in [1.165, 1.54) is 6.42 Å². The van der Waals surface area contributed by atoms with Gasteiger partial charge in [0.2, 0.25) is 15.9 Å². The molecule has 162 valence electrons. The summed E-state index contributed by atoms with van der Waals surface area (Å²) < 4.78 is 28.4. The van der Waals surface area contributed by atoms with Crippen molar-refractivity contribution >= 4 is 15.9 Å². The fourth-order valence-corrected chi connectivity index (χ4v) is 6.56. The largest absolute Gasteiger partial charge is 0.341 e. The highest BCUT2D eigenvalue weighted by Gasteiger charge is 2.35. The van der Waals surface area contributed by atoms with Gasteiger partial charge in [0.05, 0.1) is 10.9 Å².